The molecule has 1 heterocycles. The lowest BCUT2D eigenvalue weighted by molar-refractivity contribution is 0.0598. The Hall–Kier alpha value is -3.38. The largest absolute Gasteiger partial charge is 0.465 e. The van der Waals surface area contributed by atoms with E-state index < -0.39 is 11.7 Å². The Balaban J connectivity index is 1.76. The van der Waals surface area contributed by atoms with Crippen LogP contribution >= 0.6 is 0 Å². The van der Waals surface area contributed by atoms with Crippen LogP contribution in [-0.2, 0) is 7.05 Å². The number of amides is 1. The van der Waals surface area contributed by atoms with Crippen LogP contribution in [0.3, 0.4) is 0 Å². The van der Waals surface area contributed by atoms with Crippen molar-refractivity contribution in [1.29, 1.82) is 0 Å². The number of nitrogens with zero attached hydrogens (tertiary/aromatic N) is 2. The molecule has 0 fully saturated rings. The second kappa shape index (κ2) is 10.7. The average Bonchev–Trinajstić information content (AvgIpc) is 2.80. The third-order valence-corrected chi connectivity index (χ3v) is 6.26. The fraction of sp³-hybridized carbons (Fsp3) is 0.357. The van der Waals surface area contributed by atoms with Gasteiger partial charge in [-0.05, 0) is 67.9 Å². The van der Waals surface area contributed by atoms with E-state index in [2.05, 4.69) is 0 Å². The standard InChI is InChI=1S/C28H34N2O4/c1-20(21-10-12-23(13-11-21)25-14-15-26(31)29(4)19-25)30(27(32)33)17-16-24(18-28(2,3)34)22-8-6-5-7-9-22/h5-15,19-20,24,34H,16-18H2,1-4H3,(H,32,33)/t20-,24+/m0/s1. The normalized spacial score (nSPS) is 13.3. The second-order valence-electron chi connectivity index (χ2n) is 9.55. The molecule has 0 bridgehead atoms. The van der Waals surface area contributed by atoms with Crippen LogP contribution in [-0.4, -0.2) is 37.9 Å². The summed E-state index contributed by atoms with van der Waals surface area (Å²) in [7, 11) is 1.72. The summed E-state index contributed by atoms with van der Waals surface area (Å²) in [5.41, 5.74) is 2.97. The lowest BCUT2D eigenvalue weighted by Crippen LogP contribution is -2.34. The van der Waals surface area contributed by atoms with E-state index in [1.165, 1.54) is 15.5 Å². The molecule has 2 aromatic carbocycles. The highest BCUT2D eigenvalue weighted by Gasteiger charge is 2.26. The molecule has 0 aliphatic carbocycles. The third kappa shape index (κ3) is 6.58. The highest BCUT2D eigenvalue weighted by molar-refractivity contribution is 5.66. The first-order chi connectivity index (χ1) is 16.0. The number of carboxylic acid groups (broad SMARTS) is 1. The highest BCUT2D eigenvalue weighted by atomic mass is 16.4. The maximum absolute atomic E-state index is 12.2. The molecule has 3 rings (SSSR count). The molecule has 0 radical (unpaired) electrons. The van der Waals surface area contributed by atoms with Gasteiger partial charge in [-0.2, -0.15) is 0 Å². The summed E-state index contributed by atoms with van der Waals surface area (Å²) >= 11 is 0. The predicted octanol–water partition coefficient (Wildman–Crippen LogP) is 5.43. The SMILES string of the molecule is C[C@@H](c1ccc(-c2ccc(=O)n(C)c2)cc1)N(CC[C@H](CC(C)(C)O)c1ccccc1)C(=O)O. The third-order valence-electron chi connectivity index (χ3n) is 6.26. The molecular weight excluding hydrogens is 428 g/mol. The fourth-order valence-electron chi connectivity index (χ4n) is 4.36. The Morgan fingerprint density at radius 2 is 1.59 bits per heavy atom. The van der Waals surface area contributed by atoms with Crippen LogP contribution in [0.1, 0.15) is 56.7 Å². The molecule has 0 aliphatic rings. The Kier molecular flexibility index (Phi) is 7.94. The molecule has 1 amide bonds. The maximum atomic E-state index is 12.2. The quantitative estimate of drug-likeness (QED) is 0.444. The zero-order chi connectivity index (χ0) is 24.9. The maximum Gasteiger partial charge on any atom is 0.407 e. The minimum Gasteiger partial charge on any atom is -0.465 e. The summed E-state index contributed by atoms with van der Waals surface area (Å²) in [6.07, 6.45) is 1.98. The molecule has 0 spiro atoms. The molecule has 0 saturated carbocycles. The average molecular weight is 463 g/mol. The summed E-state index contributed by atoms with van der Waals surface area (Å²) in [4.78, 5) is 25.3. The van der Waals surface area contributed by atoms with E-state index in [-0.39, 0.29) is 17.5 Å². The first kappa shape index (κ1) is 25.2. The van der Waals surface area contributed by atoms with E-state index in [1.807, 2.05) is 61.5 Å². The van der Waals surface area contributed by atoms with Gasteiger partial charge in [0, 0.05) is 25.9 Å². The first-order valence-corrected chi connectivity index (χ1v) is 11.6. The van der Waals surface area contributed by atoms with Gasteiger partial charge in [0.05, 0.1) is 11.6 Å². The zero-order valence-corrected chi connectivity index (χ0v) is 20.3. The van der Waals surface area contributed by atoms with Crippen molar-refractivity contribution in [2.45, 2.75) is 51.2 Å². The molecule has 180 valence electrons. The van der Waals surface area contributed by atoms with Crippen LogP contribution in [0.25, 0.3) is 11.1 Å². The molecule has 0 unspecified atom stereocenters. The van der Waals surface area contributed by atoms with E-state index in [0.29, 0.717) is 19.4 Å². The first-order valence-electron chi connectivity index (χ1n) is 11.6. The lowest BCUT2D eigenvalue weighted by Gasteiger charge is -2.31. The van der Waals surface area contributed by atoms with Gasteiger partial charge in [0.1, 0.15) is 0 Å². The summed E-state index contributed by atoms with van der Waals surface area (Å²) in [6.45, 7) is 5.82. The van der Waals surface area contributed by atoms with Gasteiger partial charge < -0.3 is 19.7 Å². The smallest absolute Gasteiger partial charge is 0.407 e. The minimum atomic E-state index is -0.968. The van der Waals surface area contributed by atoms with Crippen LogP contribution in [0.4, 0.5) is 4.79 Å². The van der Waals surface area contributed by atoms with Crippen molar-refractivity contribution >= 4 is 6.09 Å². The van der Waals surface area contributed by atoms with E-state index >= 15 is 0 Å². The van der Waals surface area contributed by atoms with Gasteiger partial charge in [-0.3, -0.25) is 4.79 Å². The number of rotatable bonds is 9. The molecule has 2 N–H and O–H groups in total. The van der Waals surface area contributed by atoms with Crippen LogP contribution in [0.2, 0.25) is 0 Å². The number of aryl methyl sites for hydroxylation is 1. The summed E-state index contributed by atoms with van der Waals surface area (Å²) in [5, 5.41) is 20.4. The molecule has 0 aliphatic heterocycles. The van der Waals surface area contributed by atoms with Crippen LogP contribution in [0.5, 0.6) is 0 Å². The number of carbonyl (C=O) groups is 1. The highest BCUT2D eigenvalue weighted by Crippen LogP contribution is 2.31. The number of pyridine rings is 1. The van der Waals surface area contributed by atoms with Crippen LogP contribution in [0, 0.1) is 0 Å². The topological polar surface area (TPSA) is 82.8 Å². The summed E-state index contributed by atoms with van der Waals surface area (Å²) < 4.78 is 1.54. The van der Waals surface area contributed by atoms with E-state index in [9.17, 15) is 19.8 Å². The zero-order valence-electron chi connectivity index (χ0n) is 20.3. The van der Waals surface area contributed by atoms with Gasteiger partial charge in [-0.15, -0.1) is 0 Å². The molecule has 3 aromatic rings. The van der Waals surface area contributed by atoms with Crippen LogP contribution < -0.4 is 5.56 Å². The molecule has 1 aromatic heterocycles. The Morgan fingerprint density at radius 3 is 2.15 bits per heavy atom. The van der Waals surface area contributed by atoms with Crippen LogP contribution in [0.15, 0.2) is 77.7 Å². The van der Waals surface area contributed by atoms with Gasteiger partial charge in [-0.25, -0.2) is 4.79 Å². The van der Waals surface area contributed by atoms with E-state index in [1.54, 1.807) is 33.2 Å². The van der Waals surface area contributed by atoms with Crippen molar-refractivity contribution in [3.05, 3.63) is 94.4 Å². The Morgan fingerprint density at radius 1 is 0.971 bits per heavy atom. The van der Waals surface area contributed by atoms with Gasteiger partial charge in [0.2, 0.25) is 5.56 Å². The van der Waals surface area contributed by atoms with E-state index in [0.717, 1.165) is 22.3 Å². The number of hydrogen-bond donors (Lipinski definition) is 2. The van der Waals surface area contributed by atoms with Crippen molar-refractivity contribution in [3.8, 4) is 11.1 Å². The Labute approximate surface area is 201 Å². The molecule has 6 heteroatoms. The summed E-state index contributed by atoms with van der Waals surface area (Å²) in [5.74, 6) is 0.0438. The van der Waals surface area contributed by atoms with Gasteiger partial charge >= 0.3 is 6.09 Å². The lowest BCUT2D eigenvalue weighted by atomic mass is 9.85. The van der Waals surface area contributed by atoms with Crippen molar-refractivity contribution in [3.63, 3.8) is 0 Å². The van der Waals surface area contributed by atoms with Crippen molar-refractivity contribution in [2.24, 2.45) is 7.05 Å². The van der Waals surface area contributed by atoms with Crippen molar-refractivity contribution < 1.29 is 15.0 Å². The number of hydrogen-bond acceptors (Lipinski definition) is 3. The number of aliphatic hydroxyl groups is 1. The van der Waals surface area contributed by atoms with Crippen molar-refractivity contribution in [1.82, 2.24) is 9.47 Å². The Bertz CT molecular complexity index is 1150. The summed E-state index contributed by atoms with van der Waals surface area (Å²) in [6, 6.07) is 20.7. The second-order valence-corrected chi connectivity index (χ2v) is 9.55. The van der Waals surface area contributed by atoms with Crippen molar-refractivity contribution in [2.75, 3.05) is 6.54 Å². The minimum absolute atomic E-state index is 0.0438. The fourth-order valence-corrected chi connectivity index (χ4v) is 4.36. The molecule has 34 heavy (non-hydrogen) atoms. The van der Waals surface area contributed by atoms with Gasteiger partial charge in [0.25, 0.3) is 0 Å². The van der Waals surface area contributed by atoms with Gasteiger partial charge in [0.15, 0.2) is 0 Å². The molecule has 6 nitrogen and oxygen atoms in total. The number of aromatic nitrogens is 1. The van der Waals surface area contributed by atoms with Gasteiger partial charge in [-0.1, -0.05) is 54.6 Å². The monoisotopic (exact) mass is 462 g/mol. The molecular formula is C28H34N2O4. The molecule has 0 saturated heterocycles. The predicted molar refractivity (Wildman–Crippen MR) is 135 cm³/mol. The van der Waals surface area contributed by atoms with E-state index in [4.69, 9.17) is 0 Å². The number of benzene rings is 2. The molecule has 2 atom stereocenters.